The summed E-state index contributed by atoms with van der Waals surface area (Å²) in [5.41, 5.74) is 1.36. The summed E-state index contributed by atoms with van der Waals surface area (Å²) >= 11 is 0. The van der Waals surface area contributed by atoms with Gasteiger partial charge in [-0.2, -0.15) is 0 Å². The van der Waals surface area contributed by atoms with Crippen molar-refractivity contribution in [3.8, 4) is 0 Å². The van der Waals surface area contributed by atoms with Crippen molar-refractivity contribution in [3.63, 3.8) is 0 Å². The Hall–Kier alpha value is -0.600. The van der Waals surface area contributed by atoms with Crippen LogP contribution in [0, 0.1) is 0 Å². The quantitative estimate of drug-likeness (QED) is 0.661. The van der Waals surface area contributed by atoms with Gasteiger partial charge < -0.3 is 9.47 Å². The topological polar surface area (TPSA) is 18.5 Å². The van der Waals surface area contributed by atoms with Gasteiger partial charge in [-0.3, -0.25) is 0 Å². The average Bonchev–Trinajstić information content (AvgIpc) is 2.41. The standard InChI is InChI=1S/C14H24O2/c1-6-8-12-13(10-7-9-11(2)3)16-14(4,5)15-12/h6,9,12-13H,1,7-8,10H2,2-5H3. The van der Waals surface area contributed by atoms with Crippen molar-refractivity contribution in [2.75, 3.05) is 0 Å². The van der Waals surface area contributed by atoms with Crippen LogP contribution in [-0.2, 0) is 9.47 Å². The Morgan fingerprint density at radius 1 is 1.25 bits per heavy atom. The van der Waals surface area contributed by atoms with E-state index >= 15 is 0 Å². The molecule has 2 atom stereocenters. The number of ether oxygens (including phenoxy) is 2. The van der Waals surface area contributed by atoms with Crippen molar-refractivity contribution in [2.24, 2.45) is 0 Å². The highest BCUT2D eigenvalue weighted by Crippen LogP contribution is 2.32. The van der Waals surface area contributed by atoms with Crippen LogP contribution in [0.1, 0.15) is 47.0 Å². The first kappa shape index (κ1) is 13.5. The summed E-state index contributed by atoms with van der Waals surface area (Å²) in [6.07, 6.45) is 7.46. The van der Waals surface area contributed by atoms with Crippen LogP contribution in [0.15, 0.2) is 24.3 Å². The summed E-state index contributed by atoms with van der Waals surface area (Å²) in [6, 6.07) is 0. The maximum atomic E-state index is 5.90. The lowest BCUT2D eigenvalue weighted by molar-refractivity contribution is -0.146. The highest BCUT2D eigenvalue weighted by atomic mass is 16.7. The Labute approximate surface area is 99.3 Å². The Morgan fingerprint density at radius 3 is 2.44 bits per heavy atom. The normalized spacial score (nSPS) is 27.8. The van der Waals surface area contributed by atoms with Gasteiger partial charge in [-0.15, -0.1) is 6.58 Å². The molecule has 0 aromatic carbocycles. The van der Waals surface area contributed by atoms with E-state index in [0.29, 0.717) is 0 Å². The van der Waals surface area contributed by atoms with Crippen molar-refractivity contribution in [3.05, 3.63) is 24.3 Å². The molecular formula is C14H24O2. The summed E-state index contributed by atoms with van der Waals surface area (Å²) in [4.78, 5) is 0. The molecular weight excluding hydrogens is 200 g/mol. The first-order valence-electron chi connectivity index (χ1n) is 6.04. The maximum Gasteiger partial charge on any atom is 0.163 e. The van der Waals surface area contributed by atoms with Gasteiger partial charge in [0.15, 0.2) is 5.79 Å². The molecule has 1 aliphatic rings. The second-order valence-electron chi connectivity index (χ2n) is 5.10. The molecule has 0 spiro atoms. The Balaban J connectivity index is 2.49. The predicted molar refractivity (Wildman–Crippen MR) is 67.3 cm³/mol. The Bertz CT molecular complexity index is 262. The van der Waals surface area contributed by atoms with E-state index in [1.165, 1.54) is 5.57 Å². The van der Waals surface area contributed by atoms with E-state index in [0.717, 1.165) is 19.3 Å². The van der Waals surface area contributed by atoms with Crippen LogP contribution in [0.3, 0.4) is 0 Å². The SMILES string of the molecule is C=CCC1OC(C)(C)OC1CCC=C(C)C. The van der Waals surface area contributed by atoms with Gasteiger partial charge in [-0.1, -0.05) is 17.7 Å². The van der Waals surface area contributed by atoms with Crippen LogP contribution in [0.5, 0.6) is 0 Å². The average molecular weight is 224 g/mol. The summed E-state index contributed by atoms with van der Waals surface area (Å²) in [6.45, 7) is 12.0. The summed E-state index contributed by atoms with van der Waals surface area (Å²) in [5, 5.41) is 0. The van der Waals surface area contributed by atoms with Crippen molar-refractivity contribution >= 4 is 0 Å². The highest BCUT2D eigenvalue weighted by Gasteiger charge is 2.39. The zero-order chi connectivity index (χ0) is 12.2. The van der Waals surface area contributed by atoms with Crippen LogP contribution in [-0.4, -0.2) is 18.0 Å². The third-order valence-electron chi connectivity index (χ3n) is 2.69. The largest absolute Gasteiger partial charge is 0.345 e. The minimum absolute atomic E-state index is 0.165. The third-order valence-corrected chi connectivity index (χ3v) is 2.69. The van der Waals surface area contributed by atoms with Crippen LogP contribution < -0.4 is 0 Å². The fourth-order valence-corrected chi connectivity index (χ4v) is 2.05. The van der Waals surface area contributed by atoms with Gasteiger partial charge in [0.05, 0.1) is 12.2 Å². The first-order chi connectivity index (χ1) is 7.44. The van der Waals surface area contributed by atoms with Gasteiger partial charge in [-0.25, -0.2) is 0 Å². The van der Waals surface area contributed by atoms with E-state index in [1.54, 1.807) is 0 Å². The second-order valence-corrected chi connectivity index (χ2v) is 5.10. The van der Waals surface area contributed by atoms with Crippen LogP contribution in [0.4, 0.5) is 0 Å². The minimum atomic E-state index is -0.441. The van der Waals surface area contributed by atoms with Crippen LogP contribution in [0.2, 0.25) is 0 Å². The fraction of sp³-hybridized carbons (Fsp3) is 0.714. The molecule has 0 N–H and O–H groups in total. The molecule has 1 heterocycles. The lowest BCUT2D eigenvalue weighted by Gasteiger charge is -2.16. The predicted octanol–water partition coefficient (Wildman–Crippen LogP) is 3.83. The van der Waals surface area contributed by atoms with E-state index in [1.807, 2.05) is 19.9 Å². The van der Waals surface area contributed by atoms with Gasteiger partial charge in [0.1, 0.15) is 0 Å². The third kappa shape index (κ3) is 4.11. The fourth-order valence-electron chi connectivity index (χ4n) is 2.05. The Kier molecular flexibility index (Phi) is 4.75. The molecule has 0 aliphatic carbocycles. The molecule has 2 heteroatoms. The van der Waals surface area contributed by atoms with Gasteiger partial charge in [0, 0.05) is 0 Å². The minimum Gasteiger partial charge on any atom is -0.345 e. The van der Waals surface area contributed by atoms with E-state index in [-0.39, 0.29) is 12.2 Å². The van der Waals surface area contributed by atoms with Crippen molar-refractivity contribution < 1.29 is 9.47 Å². The smallest absolute Gasteiger partial charge is 0.163 e. The maximum absolute atomic E-state index is 5.90. The van der Waals surface area contributed by atoms with Crippen LogP contribution in [0.25, 0.3) is 0 Å². The van der Waals surface area contributed by atoms with Crippen LogP contribution >= 0.6 is 0 Å². The molecule has 2 unspecified atom stereocenters. The lowest BCUT2D eigenvalue weighted by atomic mass is 10.1. The summed E-state index contributed by atoms with van der Waals surface area (Å²) in [7, 11) is 0. The summed E-state index contributed by atoms with van der Waals surface area (Å²) < 4.78 is 11.7. The Morgan fingerprint density at radius 2 is 1.88 bits per heavy atom. The molecule has 0 radical (unpaired) electrons. The number of hydrogen-bond donors (Lipinski definition) is 0. The van der Waals surface area contributed by atoms with Crippen molar-refractivity contribution in [1.82, 2.24) is 0 Å². The lowest BCUT2D eigenvalue weighted by Crippen LogP contribution is -2.21. The van der Waals surface area contributed by atoms with E-state index in [2.05, 4.69) is 26.5 Å². The van der Waals surface area contributed by atoms with Crippen molar-refractivity contribution in [2.45, 2.75) is 65.0 Å². The molecule has 92 valence electrons. The van der Waals surface area contributed by atoms with Gasteiger partial charge in [0.2, 0.25) is 0 Å². The number of allylic oxidation sites excluding steroid dienone is 2. The molecule has 2 nitrogen and oxygen atoms in total. The van der Waals surface area contributed by atoms with Gasteiger partial charge >= 0.3 is 0 Å². The molecule has 0 aromatic heterocycles. The summed E-state index contributed by atoms with van der Waals surface area (Å²) in [5.74, 6) is -0.441. The first-order valence-corrected chi connectivity index (χ1v) is 6.04. The zero-order valence-corrected chi connectivity index (χ0v) is 11.0. The molecule has 1 aliphatic heterocycles. The van der Waals surface area contributed by atoms with Crippen molar-refractivity contribution in [1.29, 1.82) is 0 Å². The zero-order valence-electron chi connectivity index (χ0n) is 11.0. The van der Waals surface area contributed by atoms with Gasteiger partial charge in [-0.05, 0) is 47.0 Å². The monoisotopic (exact) mass is 224 g/mol. The van der Waals surface area contributed by atoms with E-state index in [9.17, 15) is 0 Å². The molecule has 0 amide bonds. The second kappa shape index (κ2) is 5.65. The number of rotatable bonds is 5. The highest BCUT2D eigenvalue weighted by molar-refractivity contribution is 4.95. The van der Waals surface area contributed by atoms with Gasteiger partial charge in [0.25, 0.3) is 0 Å². The molecule has 1 saturated heterocycles. The molecule has 1 fully saturated rings. The molecule has 0 bridgehead atoms. The molecule has 0 saturated carbocycles. The van der Waals surface area contributed by atoms with E-state index in [4.69, 9.17) is 9.47 Å². The number of hydrogen-bond acceptors (Lipinski definition) is 2. The van der Waals surface area contributed by atoms with E-state index < -0.39 is 5.79 Å². The molecule has 0 aromatic rings. The molecule has 1 rings (SSSR count). The molecule has 16 heavy (non-hydrogen) atoms.